The number of nitrogens with zero attached hydrogens (tertiary/aromatic N) is 1. The van der Waals surface area contributed by atoms with Crippen LogP contribution in [0.1, 0.15) is 5.76 Å². The minimum absolute atomic E-state index is 0.609. The molecule has 4 aromatic rings. The molecule has 0 bridgehead atoms. The SMILES string of the molecule is c1ccc(-c2cc(CNc3ccc4ccccc4c3)on2)cc1. The fraction of sp³-hybridized carbons (Fsp3) is 0.0500. The Labute approximate surface area is 134 Å². The number of aromatic nitrogens is 1. The van der Waals surface area contributed by atoms with Crippen LogP contribution in [-0.4, -0.2) is 5.16 Å². The molecule has 1 heterocycles. The third-order valence-electron chi connectivity index (χ3n) is 3.84. The first-order chi connectivity index (χ1) is 11.4. The van der Waals surface area contributed by atoms with Gasteiger partial charge in [-0.25, -0.2) is 0 Å². The second kappa shape index (κ2) is 5.97. The lowest BCUT2D eigenvalue weighted by Crippen LogP contribution is -1.97. The van der Waals surface area contributed by atoms with Gasteiger partial charge in [0.2, 0.25) is 0 Å². The molecule has 0 fully saturated rings. The molecular weight excluding hydrogens is 284 g/mol. The van der Waals surface area contributed by atoms with Crippen molar-refractivity contribution in [3.63, 3.8) is 0 Å². The Morgan fingerprint density at radius 3 is 2.43 bits per heavy atom. The van der Waals surface area contributed by atoms with Crippen molar-refractivity contribution in [1.29, 1.82) is 0 Å². The topological polar surface area (TPSA) is 38.1 Å². The summed E-state index contributed by atoms with van der Waals surface area (Å²) >= 11 is 0. The van der Waals surface area contributed by atoms with Crippen molar-refractivity contribution in [2.45, 2.75) is 6.54 Å². The highest BCUT2D eigenvalue weighted by Gasteiger charge is 2.06. The Morgan fingerprint density at radius 2 is 1.57 bits per heavy atom. The van der Waals surface area contributed by atoms with Gasteiger partial charge in [0.25, 0.3) is 0 Å². The first-order valence-corrected chi connectivity index (χ1v) is 7.62. The van der Waals surface area contributed by atoms with Gasteiger partial charge < -0.3 is 9.84 Å². The van der Waals surface area contributed by atoms with E-state index in [1.807, 2.05) is 36.4 Å². The Kier molecular flexibility index (Phi) is 3.53. The zero-order valence-electron chi connectivity index (χ0n) is 12.6. The minimum Gasteiger partial charge on any atom is -0.378 e. The van der Waals surface area contributed by atoms with Crippen molar-refractivity contribution >= 4 is 16.5 Å². The Bertz CT molecular complexity index is 928. The third-order valence-corrected chi connectivity index (χ3v) is 3.84. The molecule has 3 nitrogen and oxygen atoms in total. The first kappa shape index (κ1) is 13.6. The van der Waals surface area contributed by atoms with Gasteiger partial charge in [0.1, 0.15) is 5.69 Å². The third kappa shape index (κ3) is 2.94. The molecule has 23 heavy (non-hydrogen) atoms. The minimum atomic E-state index is 0.609. The van der Waals surface area contributed by atoms with Crippen LogP contribution in [0.5, 0.6) is 0 Å². The molecule has 0 aliphatic heterocycles. The van der Waals surface area contributed by atoms with Crippen LogP contribution in [0.2, 0.25) is 0 Å². The fourth-order valence-corrected chi connectivity index (χ4v) is 2.63. The number of anilines is 1. The Hall–Kier alpha value is -3.07. The highest BCUT2D eigenvalue weighted by molar-refractivity contribution is 5.85. The zero-order chi connectivity index (χ0) is 15.5. The summed E-state index contributed by atoms with van der Waals surface area (Å²) in [6.45, 7) is 0.609. The molecule has 3 aromatic carbocycles. The number of hydrogen-bond acceptors (Lipinski definition) is 3. The quantitative estimate of drug-likeness (QED) is 0.569. The van der Waals surface area contributed by atoms with Crippen LogP contribution < -0.4 is 5.32 Å². The van der Waals surface area contributed by atoms with Gasteiger partial charge in [-0.1, -0.05) is 65.8 Å². The van der Waals surface area contributed by atoms with E-state index in [1.54, 1.807) is 0 Å². The van der Waals surface area contributed by atoms with Crippen LogP contribution in [0.15, 0.2) is 83.4 Å². The van der Waals surface area contributed by atoms with Crippen molar-refractivity contribution in [3.05, 3.63) is 84.6 Å². The molecule has 0 amide bonds. The van der Waals surface area contributed by atoms with Crippen LogP contribution in [0.3, 0.4) is 0 Å². The molecule has 0 spiro atoms. The number of nitrogens with one attached hydrogen (secondary N) is 1. The maximum Gasteiger partial charge on any atom is 0.156 e. The average molecular weight is 300 g/mol. The highest BCUT2D eigenvalue weighted by Crippen LogP contribution is 2.21. The van der Waals surface area contributed by atoms with E-state index in [1.165, 1.54) is 10.8 Å². The summed E-state index contributed by atoms with van der Waals surface area (Å²) in [5, 5.41) is 9.98. The van der Waals surface area contributed by atoms with Crippen molar-refractivity contribution in [2.24, 2.45) is 0 Å². The van der Waals surface area contributed by atoms with Gasteiger partial charge in [-0.2, -0.15) is 0 Å². The van der Waals surface area contributed by atoms with E-state index in [0.717, 1.165) is 22.7 Å². The first-order valence-electron chi connectivity index (χ1n) is 7.62. The fourth-order valence-electron chi connectivity index (χ4n) is 2.63. The molecule has 1 aromatic heterocycles. The molecule has 0 aliphatic carbocycles. The number of benzene rings is 3. The highest BCUT2D eigenvalue weighted by atomic mass is 16.5. The van der Waals surface area contributed by atoms with Crippen molar-refractivity contribution in [1.82, 2.24) is 5.16 Å². The molecule has 0 unspecified atom stereocenters. The van der Waals surface area contributed by atoms with Gasteiger partial charge in [-0.05, 0) is 22.9 Å². The summed E-state index contributed by atoms with van der Waals surface area (Å²) in [4.78, 5) is 0. The van der Waals surface area contributed by atoms with E-state index in [0.29, 0.717) is 6.54 Å². The lowest BCUT2D eigenvalue weighted by molar-refractivity contribution is 0.390. The maximum absolute atomic E-state index is 5.42. The molecule has 0 saturated heterocycles. The molecule has 4 rings (SSSR count). The Morgan fingerprint density at radius 1 is 0.783 bits per heavy atom. The Balaban J connectivity index is 1.49. The summed E-state index contributed by atoms with van der Waals surface area (Å²) in [5.74, 6) is 0.817. The maximum atomic E-state index is 5.42. The van der Waals surface area contributed by atoms with Gasteiger partial charge >= 0.3 is 0 Å². The zero-order valence-corrected chi connectivity index (χ0v) is 12.6. The van der Waals surface area contributed by atoms with Crippen molar-refractivity contribution < 1.29 is 4.52 Å². The predicted molar refractivity (Wildman–Crippen MR) is 93.2 cm³/mol. The van der Waals surface area contributed by atoms with Gasteiger partial charge in [0, 0.05) is 17.3 Å². The molecule has 1 N–H and O–H groups in total. The lowest BCUT2D eigenvalue weighted by atomic mass is 10.1. The van der Waals surface area contributed by atoms with Gasteiger partial charge in [0.15, 0.2) is 5.76 Å². The van der Waals surface area contributed by atoms with Crippen molar-refractivity contribution in [3.8, 4) is 11.3 Å². The van der Waals surface area contributed by atoms with Crippen LogP contribution >= 0.6 is 0 Å². The van der Waals surface area contributed by atoms with E-state index < -0.39 is 0 Å². The van der Waals surface area contributed by atoms with Crippen molar-refractivity contribution in [2.75, 3.05) is 5.32 Å². The van der Waals surface area contributed by atoms with Crippen LogP contribution in [-0.2, 0) is 6.54 Å². The monoisotopic (exact) mass is 300 g/mol. The van der Waals surface area contributed by atoms with Crippen LogP contribution in [0.4, 0.5) is 5.69 Å². The summed E-state index contributed by atoms with van der Waals surface area (Å²) in [7, 11) is 0. The van der Waals surface area contributed by atoms with E-state index in [2.05, 4.69) is 52.9 Å². The normalized spacial score (nSPS) is 10.8. The molecule has 112 valence electrons. The van der Waals surface area contributed by atoms with Gasteiger partial charge in [0.05, 0.1) is 6.54 Å². The summed E-state index contributed by atoms with van der Waals surface area (Å²) in [5.41, 5.74) is 3.00. The van der Waals surface area contributed by atoms with E-state index in [4.69, 9.17) is 4.52 Å². The van der Waals surface area contributed by atoms with Gasteiger partial charge in [-0.15, -0.1) is 0 Å². The largest absolute Gasteiger partial charge is 0.378 e. The smallest absolute Gasteiger partial charge is 0.156 e. The molecule has 0 atom stereocenters. The molecule has 0 saturated carbocycles. The summed E-state index contributed by atoms with van der Waals surface area (Å²) in [6, 6.07) is 26.7. The lowest BCUT2D eigenvalue weighted by Gasteiger charge is -2.05. The van der Waals surface area contributed by atoms with E-state index in [9.17, 15) is 0 Å². The number of rotatable bonds is 4. The van der Waals surface area contributed by atoms with E-state index in [-0.39, 0.29) is 0 Å². The van der Waals surface area contributed by atoms with Gasteiger partial charge in [-0.3, -0.25) is 0 Å². The summed E-state index contributed by atoms with van der Waals surface area (Å²) < 4.78 is 5.42. The molecule has 0 aliphatic rings. The molecule has 3 heteroatoms. The van der Waals surface area contributed by atoms with E-state index >= 15 is 0 Å². The summed E-state index contributed by atoms with van der Waals surface area (Å²) in [6.07, 6.45) is 0. The standard InChI is InChI=1S/C20H16N2O/c1-2-7-16(8-3-1)20-13-19(23-22-20)14-21-18-11-10-15-6-4-5-9-17(15)12-18/h1-13,21H,14H2. The molecular formula is C20H16N2O. The second-order valence-corrected chi connectivity index (χ2v) is 5.46. The number of hydrogen-bond donors (Lipinski definition) is 1. The van der Waals surface area contributed by atoms with Crippen LogP contribution in [0, 0.1) is 0 Å². The second-order valence-electron chi connectivity index (χ2n) is 5.46. The molecule has 0 radical (unpaired) electrons. The average Bonchev–Trinajstić information content (AvgIpc) is 3.10. The number of fused-ring (bicyclic) bond motifs is 1. The predicted octanol–water partition coefficient (Wildman–Crippen LogP) is 5.11. The van der Waals surface area contributed by atoms with Crippen LogP contribution in [0.25, 0.3) is 22.0 Å².